The molecule has 1 amide bonds. The molecule has 0 aliphatic carbocycles. The molecule has 6 nitrogen and oxygen atoms in total. The number of nitrogens with one attached hydrogen (secondary N) is 2. The third-order valence-electron chi connectivity index (χ3n) is 4.31. The van der Waals surface area contributed by atoms with Gasteiger partial charge in [-0.2, -0.15) is 5.10 Å². The van der Waals surface area contributed by atoms with Gasteiger partial charge in [-0.25, -0.2) is 5.10 Å². The summed E-state index contributed by atoms with van der Waals surface area (Å²) in [5, 5.41) is 9.21. The number of hydrogen-bond acceptors (Lipinski definition) is 4. The molecule has 0 radical (unpaired) electrons. The summed E-state index contributed by atoms with van der Waals surface area (Å²) >= 11 is 0. The predicted octanol–water partition coefficient (Wildman–Crippen LogP) is 2.32. The Hall–Kier alpha value is -2.63. The molecule has 24 heavy (non-hydrogen) atoms. The number of aromatic amines is 1. The Bertz CT molecular complexity index is 771. The van der Waals surface area contributed by atoms with Crippen LogP contribution in [0.4, 0.5) is 11.4 Å². The van der Waals surface area contributed by atoms with E-state index in [-0.39, 0.29) is 17.4 Å². The molecule has 2 N–H and O–H groups in total. The Labute approximate surface area is 140 Å². The van der Waals surface area contributed by atoms with Crippen molar-refractivity contribution in [3.63, 3.8) is 0 Å². The summed E-state index contributed by atoms with van der Waals surface area (Å²) in [6.45, 7) is 3.66. The number of rotatable bonds is 4. The average Bonchev–Trinajstić information content (AvgIpc) is 2.55. The molecule has 1 aliphatic rings. The van der Waals surface area contributed by atoms with Crippen LogP contribution in [-0.2, 0) is 4.79 Å². The number of amides is 1. The van der Waals surface area contributed by atoms with Crippen molar-refractivity contribution in [3.05, 3.63) is 52.4 Å². The van der Waals surface area contributed by atoms with Gasteiger partial charge in [-0.15, -0.1) is 0 Å². The van der Waals surface area contributed by atoms with E-state index in [0.29, 0.717) is 6.42 Å². The monoisotopic (exact) mass is 326 g/mol. The van der Waals surface area contributed by atoms with Crippen molar-refractivity contribution in [2.75, 3.05) is 23.3 Å². The molecule has 1 saturated heterocycles. The van der Waals surface area contributed by atoms with Gasteiger partial charge >= 0.3 is 0 Å². The highest BCUT2D eigenvalue weighted by Gasteiger charge is 2.23. The number of hydrogen-bond donors (Lipinski definition) is 2. The van der Waals surface area contributed by atoms with Gasteiger partial charge < -0.3 is 10.2 Å². The van der Waals surface area contributed by atoms with Crippen LogP contribution in [0.1, 0.15) is 24.8 Å². The van der Waals surface area contributed by atoms with Crippen molar-refractivity contribution < 1.29 is 4.79 Å². The topological polar surface area (TPSA) is 78.1 Å². The Morgan fingerprint density at radius 1 is 1.42 bits per heavy atom. The first kappa shape index (κ1) is 16.2. The number of piperidine rings is 1. The molecule has 1 atom stereocenters. The second kappa shape index (κ2) is 7.29. The van der Waals surface area contributed by atoms with Crippen molar-refractivity contribution in [1.82, 2.24) is 10.2 Å². The zero-order valence-electron chi connectivity index (χ0n) is 13.8. The third-order valence-corrected chi connectivity index (χ3v) is 4.31. The first-order valence-corrected chi connectivity index (χ1v) is 8.26. The van der Waals surface area contributed by atoms with E-state index in [0.717, 1.165) is 42.9 Å². The minimum Gasteiger partial charge on any atom is -0.370 e. The molecule has 1 aromatic carbocycles. The van der Waals surface area contributed by atoms with Crippen molar-refractivity contribution in [3.8, 4) is 0 Å². The van der Waals surface area contributed by atoms with E-state index in [1.807, 2.05) is 31.2 Å². The van der Waals surface area contributed by atoms with Gasteiger partial charge in [0.25, 0.3) is 5.56 Å². The van der Waals surface area contributed by atoms with Crippen LogP contribution >= 0.6 is 0 Å². The fourth-order valence-corrected chi connectivity index (χ4v) is 3.20. The minimum atomic E-state index is -0.202. The number of aryl methyl sites for hydroxylation is 1. The molecular formula is C18H22N4O2. The lowest BCUT2D eigenvalue weighted by atomic mass is 9.94. The van der Waals surface area contributed by atoms with Gasteiger partial charge in [0.2, 0.25) is 5.91 Å². The summed E-state index contributed by atoms with van der Waals surface area (Å²) in [4.78, 5) is 25.8. The fourth-order valence-electron chi connectivity index (χ4n) is 3.20. The van der Waals surface area contributed by atoms with Crippen LogP contribution in [0.3, 0.4) is 0 Å². The SMILES string of the molecule is Cc1cccc(NC(=O)CC2CCCN(c3cn[nH]c(=O)c3)C2)c1. The fraction of sp³-hybridized carbons (Fsp3) is 0.389. The summed E-state index contributed by atoms with van der Waals surface area (Å²) in [5.41, 5.74) is 2.58. The molecule has 1 aromatic heterocycles. The molecule has 0 saturated carbocycles. The highest BCUT2D eigenvalue weighted by Crippen LogP contribution is 2.24. The van der Waals surface area contributed by atoms with Gasteiger partial charge in [0.1, 0.15) is 0 Å². The first-order valence-electron chi connectivity index (χ1n) is 8.26. The number of carbonyl (C=O) groups excluding carboxylic acids is 1. The number of carbonyl (C=O) groups is 1. The summed E-state index contributed by atoms with van der Waals surface area (Å²) in [6, 6.07) is 9.37. The van der Waals surface area contributed by atoms with Gasteiger partial charge in [-0.05, 0) is 43.4 Å². The van der Waals surface area contributed by atoms with Crippen LogP contribution in [0.25, 0.3) is 0 Å². The number of aromatic nitrogens is 2. The van der Waals surface area contributed by atoms with Gasteiger partial charge in [0, 0.05) is 31.3 Å². The molecule has 1 unspecified atom stereocenters. The van der Waals surface area contributed by atoms with Gasteiger partial charge in [0.15, 0.2) is 0 Å². The zero-order valence-corrected chi connectivity index (χ0v) is 13.8. The predicted molar refractivity (Wildman–Crippen MR) is 94.2 cm³/mol. The zero-order chi connectivity index (χ0) is 16.9. The standard InChI is InChI=1S/C18H22N4O2/c1-13-4-2-6-15(8-13)20-17(23)9-14-5-3-7-22(12-14)16-10-18(24)21-19-11-16/h2,4,6,8,10-11,14H,3,5,7,9,12H2,1H3,(H,20,23)(H,21,24). The highest BCUT2D eigenvalue weighted by atomic mass is 16.1. The first-order chi connectivity index (χ1) is 11.6. The minimum absolute atomic E-state index is 0.0384. The summed E-state index contributed by atoms with van der Waals surface area (Å²) in [6.07, 6.45) is 4.18. The largest absolute Gasteiger partial charge is 0.370 e. The van der Waals surface area contributed by atoms with Crippen molar-refractivity contribution in [1.29, 1.82) is 0 Å². The second-order valence-electron chi connectivity index (χ2n) is 6.38. The van der Waals surface area contributed by atoms with Crippen molar-refractivity contribution in [2.45, 2.75) is 26.2 Å². The summed E-state index contributed by atoms with van der Waals surface area (Å²) in [7, 11) is 0. The van der Waals surface area contributed by atoms with Crippen LogP contribution in [0.5, 0.6) is 0 Å². The van der Waals surface area contributed by atoms with Crippen LogP contribution < -0.4 is 15.8 Å². The van der Waals surface area contributed by atoms with Crippen LogP contribution in [0.15, 0.2) is 41.3 Å². The molecule has 0 bridgehead atoms. The third kappa shape index (κ3) is 4.22. The van der Waals surface area contributed by atoms with E-state index >= 15 is 0 Å². The number of H-pyrrole nitrogens is 1. The van der Waals surface area contributed by atoms with E-state index in [2.05, 4.69) is 20.4 Å². The molecule has 1 aliphatic heterocycles. The summed E-state index contributed by atoms with van der Waals surface area (Å²) < 4.78 is 0. The maximum absolute atomic E-state index is 12.3. The van der Waals surface area contributed by atoms with E-state index in [1.165, 1.54) is 0 Å². The lowest BCUT2D eigenvalue weighted by molar-refractivity contribution is -0.117. The molecular weight excluding hydrogens is 304 g/mol. The van der Waals surface area contributed by atoms with Crippen LogP contribution in [0.2, 0.25) is 0 Å². The lowest BCUT2D eigenvalue weighted by Crippen LogP contribution is -2.37. The average molecular weight is 326 g/mol. The molecule has 0 spiro atoms. The number of anilines is 2. The molecule has 6 heteroatoms. The second-order valence-corrected chi connectivity index (χ2v) is 6.38. The maximum Gasteiger partial charge on any atom is 0.266 e. The molecule has 126 valence electrons. The Morgan fingerprint density at radius 2 is 2.29 bits per heavy atom. The van der Waals surface area contributed by atoms with Crippen molar-refractivity contribution >= 4 is 17.3 Å². The summed E-state index contributed by atoms with van der Waals surface area (Å²) in [5.74, 6) is 0.319. The molecule has 2 heterocycles. The Kier molecular flexibility index (Phi) is 4.93. The van der Waals surface area contributed by atoms with Gasteiger partial charge in [-0.3, -0.25) is 9.59 Å². The normalized spacial score (nSPS) is 17.5. The van der Waals surface area contributed by atoms with Crippen molar-refractivity contribution in [2.24, 2.45) is 5.92 Å². The molecule has 3 rings (SSSR count). The number of nitrogens with zero attached hydrogens (tertiary/aromatic N) is 2. The van der Waals surface area contributed by atoms with E-state index < -0.39 is 0 Å². The smallest absolute Gasteiger partial charge is 0.266 e. The van der Waals surface area contributed by atoms with Crippen LogP contribution in [0, 0.1) is 12.8 Å². The molecule has 1 fully saturated rings. The lowest BCUT2D eigenvalue weighted by Gasteiger charge is -2.33. The van der Waals surface area contributed by atoms with Gasteiger partial charge in [0.05, 0.1) is 11.9 Å². The quantitative estimate of drug-likeness (QED) is 0.904. The Morgan fingerprint density at radius 3 is 3.08 bits per heavy atom. The van der Waals surface area contributed by atoms with Crippen LogP contribution in [-0.4, -0.2) is 29.2 Å². The maximum atomic E-state index is 12.3. The molecule has 2 aromatic rings. The van der Waals surface area contributed by atoms with Gasteiger partial charge in [-0.1, -0.05) is 12.1 Å². The van der Waals surface area contributed by atoms with E-state index in [1.54, 1.807) is 12.3 Å². The Balaban J connectivity index is 1.59. The number of benzene rings is 1. The highest BCUT2D eigenvalue weighted by molar-refractivity contribution is 5.90. The van der Waals surface area contributed by atoms with E-state index in [9.17, 15) is 9.59 Å². The van der Waals surface area contributed by atoms with E-state index in [4.69, 9.17) is 0 Å².